The first kappa shape index (κ1) is 20.4. The smallest absolute Gasteiger partial charge is 0.253 e. The largest absolute Gasteiger partial charge is 0.546 e. The summed E-state index contributed by atoms with van der Waals surface area (Å²) in [5.74, 6) is -1.16. The number of carbonyl (C=O) groups is 2. The Bertz CT molecular complexity index is 820. The molecule has 0 bridgehead atoms. The average molecular weight is 387 g/mol. The molecule has 1 amide bonds. The van der Waals surface area contributed by atoms with Crippen LogP contribution in [0.5, 0.6) is 5.75 Å². The molecule has 9 heteroatoms. The predicted octanol–water partition coefficient (Wildman–Crippen LogP) is 0.853. The molecule has 8 nitrogen and oxygen atoms in total. The minimum absolute atomic E-state index is 0.270. The summed E-state index contributed by atoms with van der Waals surface area (Å²) < 4.78 is 4.98. The number of hydrogen-bond acceptors (Lipinski definition) is 8. The molecule has 27 heavy (non-hydrogen) atoms. The Morgan fingerprint density at radius 1 is 1.26 bits per heavy atom. The molecule has 2 aromatic rings. The number of carboxylic acid groups (broad SMARTS) is 1. The highest BCUT2D eigenvalue weighted by molar-refractivity contribution is 8.00. The van der Waals surface area contributed by atoms with Crippen LogP contribution in [0.2, 0.25) is 0 Å². The van der Waals surface area contributed by atoms with Gasteiger partial charge in [-0.15, -0.1) is 0 Å². The number of nitrogens with one attached hydrogen (secondary N) is 1. The lowest BCUT2D eigenvalue weighted by molar-refractivity contribution is -0.307. The van der Waals surface area contributed by atoms with Crippen LogP contribution in [0.4, 0.5) is 0 Å². The molecule has 0 radical (unpaired) electrons. The summed E-state index contributed by atoms with van der Waals surface area (Å²) in [7, 11) is 0. The van der Waals surface area contributed by atoms with Crippen molar-refractivity contribution in [1.29, 1.82) is 0 Å². The van der Waals surface area contributed by atoms with Gasteiger partial charge in [0.1, 0.15) is 12.4 Å². The lowest BCUT2D eigenvalue weighted by Crippen LogP contribution is -2.28. The third-order valence-corrected chi connectivity index (χ3v) is 4.20. The molecular weight excluding hydrogens is 368 g/mol. The van der Waals surface area contributed by atoms with E-state index in [1.165, 1.54) is 18.0 Å². The van der Waals surface area contributed by atoms with Crippen molar-refractivity contribution in [2.24, 2.45) is 5.10 Å². The van der Waals surface area contributed by atoms with E-state index in [0.29, 0.717) is 16.5 Å². The van der Waals surface area contributed by atoms with E-state index in [2.05, 4.69) is 20.5 Å². The highest BCUT2D eigenvalue weighted by atomic mass is 32.2. The number of aryl methyl sites for hydroxylation is 2. The van der Waals surface area contributed by atoms with Crippen molar-refractivity contribution in [2.75, 3.05) is 6.61 Å². The summed E-state index contributed by atoms with van der Waals surface area (Å²) >= 11 is 1.26. The van der Waals surface area contributed by atoms with Crippen LogP contribution in [0.15, 0.2) is 40.6 Å². The van der Waals surface area contributed by atoms with Crippen molar-refractivity contribution >= 4 is 29.9 Å². The van der Waals surface area contributed by atoms with Gasteiger partial charge in [0, 0.05) is 11.4 Å². The molecule has 0 aliphatic carbocycles. The van der Waals surface area contributed by atoms with Gasteiger partial charge in [-0.25, -0.2) is 15.4 Å². The number of hydrogen-bond donors (Lipinski definition) is 1. The van der Waals surface area contributed by atoms with Crippen molar-refractivity contribution in [3.8, 4) is 5.75 Å². The number of amides is 1. The molecule has 0 aliphatic heterocycles. The second-order valence-electron chi connectivity index (χ2n) is 5.66. The molecule has 0 unspecified atom stereocenters. The third-order valence-electron chi connectivity index (χ3n) is 3.24. The maximum atomic E-state index is 12.1. The van der Waals surface area contributed by atoms with Crippen LogP contribution in [0.25, 0.3) is 0 Å². The number of nitrogens with zero attached hydrogens (tertiary/aromatic N) is 3. The van der Waals surface area contributed by atoms with Crippen LogP contribution >= 0.6 is 11.8 Å². The molecule has 1 atom stereocenters. The number of thioether (sulfide) groups is 1. The summed E-state index contributed by atoms with van der Waals surface area (Å²) in [6.07, 6.45) is 1.48. The second kappa shape index (κ2) is 9.67. The van der Waals surface area contributed by atoms with E-state index in [1.807, 2.05) is 19.9 Å². The Hall–Kier alpha value is -2.94. The van der Waals surface area contributed by atoms with E-state index in [9.17, 15) is 14.7 Å². The SMILES string of the molecule is Cc1cc(C)nc(S[C@H](C)C(=O)N/N=C\c2ccc(OCC(=O)[O-])cc2)n1. The normalized spacial score (nSPS) is 12.0. The Labute approximate surface area is 161 Å². The topological polar surface area (TPSA) is 117 Å². The minimum atomic E-state index is -1.29. The van der Waals surface area contributed by atoms with E-state index in [-0.39, 0.29) is 5.91 Å². The molecule has 0 saturated heterocycles. The number of benzene rings is 1. The van der Waals surface area contributed by atoms with E-state index in [0.717, 1.165) is 11.4 Å². The fourth-order valence-corrected chi connectivity index (χ4v) is 2.88. The van der Waals surface area contributed by atoms with Crippen molar-refractivity contribution in [2.45, 2.75) is 31.2 Å². The maximum absolute atomic E-state index is 12.1. The van der Waals surface area contributed by atoms with Crippen molar-refractivity contribution in [3.05, 3.63) is 47.3 Å². The summed E-state index contributed by atoms with van der Waals surface area (Å²) in [6.45, 7) is 4.99. The molecule has 1 aromatic heterocycles. The van der Waals surface area contributed by atoms with Gasteiger partial charge in [-0.05, 0) is 56.7 Å². The van der Waals surface area contributed by atoms with E-state index < -0.39 is 17.8 Å². The second-order valence-corrected chi connectivity index (χ2v) is 6.97. The first-order valence-corrected chi connectivity index (χ1v) is 8.96. The van der Waals surface area contributed by atoms with Gasteiger partial charge in [0.15, 0.2) is 5.16 Å². The van der Waals surface area contributed by atoms with E-state index in [1.54, 1.807) is 31.2 Å². The van der Waals surface area contributed by atoms with Gasteiger partial charge in [0.25, 0.3) is 5.91 Å². The minimum Gasteiger partial charge on any atom is -0.546 e. The fraction of sp³-hybridized carbons (Fsp3) is 0.278. The fourth-order valence-electron chi connectivity index (χ4n) is 2.01. The summed E-state index contributed by atoms with van der Waals surface area (Å²) in [5.41, 5.74) is 4.89. The average Bonchev–Trinajstić information content (AvgIpc) is 2.60. The lowest BCUT2D eigenvalue weighted by Gasteiger charge is -2.09. The van der Waals surface area contributed by atoms with Crippen LogP contribution in [-0.4, -0.2) is 39.9 Å². The number of carboxylic acids is 1. The van der Waals surface area contributed by atoms with Crippen LogP contribution in [0.3, 0.4) is 0 Å². The molecule has 142 valence electrons. The molecule has 1 aromatic carbocycles. The number of ether oxygens (including phenoxy) is 1. The molecule has 2 rings (SSSR count). The number of rotatable bonds is 8. The molecular formula is C18H19N4O4S-. The zero-order valence-electron chi connectivity index (χ0n) is 15.1. The van der Waals surface area contributed by atoms with Gasteiger partial charge in [0.2, 0.25) is 0 Å². The quantitative estimate of drug-likeness (QED) is 0.309. The summed E-state index contributed by atoms with van der Waals surface area (Å²) in [6, 6.07) is 8.43. The molecule has 0 spiro atoms. The van der Waals surface area contributed by atoms with Crippen LogP contribution in [0.1, 0.15) is 23.9 Å². The molecule has 1 heterocycles. The summed E-state index contributed by atoms with van der Waals surface area (Å²) in [5, 5.41) is 14.4. The number of hydrazone groups is 1. The monoisotopic (exact) mass is 387 g/mol. The third kappa shape index (κ3) is 7.06. The van der Waals surface area contributed by atoms with Crippen LogP contribution in [0, 0.1) is 13.8 Å². The van der Waals surface area contributed by atoms with E-state index >= 15 is 0 Å². The number of aromatic nitrogens is 2. The Morgan fingerprint density at radius 3 is 2.48 bits per heavy atom. The Balaban J connectivity index is 1.85. The van der Waals surface area contributed by atoms with Crippen LogP contribution < -0.4 is 15.3 Å². The highest BCUT2D eigenvalue weighted by Crippen LogP contribution is 2.20. The zero-order chi connectivity index (χ0) is 19.8. The molecule has 0 aliphatic rings. The van der Waals surface area contributed by atoms with Crippen molar-refractivity contribution in [3.63, 3.8) is 0 Å². The summed E-state index contributed by atoms with van der Waals surface area (Å²) in [4.78, 5) is 31.1. The Morgan fingerprint density at radius 2 is 1.89 bits per heavy atom. The molecule has 0 fully saturated rings. The van der Waals surface area contributed by atoms with Gasteiger partial charge in [-0.3, -0.25) is 4.79 Å². The maximum Gasteiger partial charge on any atom is 0.253 e. The zero-order valence-corrected chi connectivity index (χ0v) is 15.9. The number of carbonyl (C=O) groups excluding carboxylic acids is 2. The standard InChI is InChI=1S/C18H20N4O4S/c1-11-8-12(2)21-18(20-11)27-13(3)17(25)22-19-9-14-4-6-15(7-5-14)26-10-16(23)24/h4-9,13H,10H2,1-3H3,(H,22,25)(H,23,24)/p-1/b19-9-/t13-/m1/s1. The van der Waals surface area contributed by atoms with Crippen molar-refractivity contribution < 1.29 is 19.4 Å². The molecule has 1 N–H and O–H groups in total. The first-order chi connectivity index (χ1) is 12.8. The Kier molecular flexibility index (Phi) is 7.30. The van der Waals surface area contributed by atoms with Gasteiger partial charge >= 0.3 is 0 Å². The van der Waals surface area contributed by atoms with Gasteiger partial charge in [-0.2, -0.15) is 5.10 Å². The van der Waals surface area contributed by atoms with Gasteiger partial charge < -0.3 is 14.6 Å². The highest BCUT2D eigenvalue weighted by Gasteiger charge is 2.15. The lowest BCUT2D eigenvalue weighted by atomic mass is 10.2. The van der Waals surface area contributed by atoms with E-state index in [4.69, 9.17) is 4.74 Å². The first-order valence-electron chi connectivity index (χ1n) is 8.08. The van der Waals surface area contributed by atoms with Gasteiger partial charge in [-0.1, -0.05) is 11.8 Å². The van der Waals surface area contributed by atoms with Gasteiger partial charge in [0.05, 0.1) is 17.4 Å². The number of aliphatic carboxylic acids is 1. The molecule has 0 saturated carbocycles. The van der Waals surface area contributed by atoms with Crippen molar-refractivity contribution in [1.82, 2.24) is 15.4 Å². The predicted molar refractivity (Wildman–Crippen MR) is 99.5 cm³/mol. The van der Waals surface area contributed by atoms with Crippen LogP contribution in [-0.2, 0) is 9.59 Å².